The van der Waals surface area contributed by atoms with E-state index in [1.165, 1.54) is 0 Å². The standard InChI is InChI=1S/C19H20Cl2OS/c1-19(2,3)18(22)12-17(23-14-7-5-4-6-8-14)15-10-9-13(20)11-16(15)21/h4-11,17H,12H2,1-3H3. The summed E-state index contributed by atoms with van der Waals surface area (Å²) >= 11 is 14.0. The van der Waals surface area contributed by atoms with Crippen molar-refractivity contribution in [1.29, 1.82) is 0 Å². The summed E-state index contributed by atoms with van der Waals surface area (Å²) in [6.07, 6.45) is 0.435. The Morgan fingerprint density at radius 2 is 1.74 bits per heavy atom. The Morgan fingerprint density at radius 3 is 2.30 bits per heavy atom. The third-order valence-corrected chi connectivity index (χ3v) is 5.35. The van der Waals surface area contributed by atoms with Gasteiger partial charge < -0.3 is 0 Å². The molecular weight excluding hydrogens is 347 g/mol. The summed E-state index contributed by atoms with van der Waals surface area (Å²) in [7, 11) is 0. The van der Waals surface area contributed by atoms with E-state index in [4.69, 9.17) is 23.2 Å². The van der Waals surface area contributed by atoms with Gasteiger partial charge in [-0.1, -0.05) is 68.2 Å². The number of Topliss-reactive ketones (excluding diaryl/α,β-unsaturated/α-hetero) is 1. The van der Waals surface area contributed by atoms with Crippen LogP contribution in [0.5, 0.6) is 0 Å². The fraction of sp³-hybridized carbons (Fsp3) is 0.316. The molecule has 0 fully saturated rings. The molecule has 1 unspecified atom stereocenters. The summed E-state index contributed by atoms with van der Waals surface area (Å²) in [6, 6.07) is 15.5. The van der Waals surface area contributed by atoms with Gasteiger partial charge in [-0.05, 0) is 29.8 Å². The molecule has 0 aromatic heterocycles. The topological polar surface area (TPSA) is 17.1 Å². The van der Waals surface area contributed by atoms with Gasteiger partial charge in [0.1, 0.15) is 5.78 Å². The molecule has 0 spiro atoms. The minimum absolute atomic E-state index is 0.0334. The molecule has 0 bridgehead atoms. The predicted octanol–water partition coefficient (Wildman–Crippen LogP) is 6.83. The molecule has 0 amide bonds. The molecule has 0 saturated heterocycles. The van der Waals surface area contributed by atoms with E-state index in [9.17, 15) is 4.79 Å². The number of thioether (sulfide) groups is 1. The maximum Gasteiger partial charge on any atom is 0.139 e. The monoisotopic (exact) mass is 366 g/mol. The quantitative estimate of drug-likeness (QED) is 0.539. The molecule has 2 aromatic carbocycles. The van der Waals surface area contributed by atoms with Crippen LogP contribution in [-0.4, -0.2) is 5.78 Å². The zero-order valence-corrected chi connectivity index (χ0v) is 15.8. The van der Waals surface area contributed by atoms with Gasteiger partial charge in [-0.2, -0.15) is 0 Å². The van der Waals surface area contributed by atoms with E-state index in [-0.39, 0.29) is 16.4 Å². The van der Waals surface area contributed by atoms with E-state index in [2.05, 4.69) is 0 Å². The summed E-state index contributed by atoms with van der Waals surface area (Å²) in [5.41, 5.74) is 0.580. The summed E-state index contributed by atoms with van der Waals surface area (Å²) < 4.78 is 0. The van der Waals surface area contributed by atoms with Crippen molar-refractivity contribution in [2.75, 3.05) is 0 Å². The van der Waals surface area contributed by atoms with Crippen LogP contribution < -0.4 is 0 Å². The van der Waals surface area contributed by atoms with E-state index >= 15 is 0 Å². The molecule has 4 heteroatoms. The van der Waals surface area contributed by atoms with Gasteiger partial charge in [0, 0.05) is 32.0 Å². The highest BCUT2D eigenvalue weighted by Crippen LogP contribution is 2.42. The molecule has 0 aliphatic heterocycles. The van der Waals surface area contributed by atoms with E-state index in [0.717, 1.165) is 10.5 Å². The summed E-state index contributed by atoms with van der Waals surface area (Å²) in [5, 5.41) is 1.17. The minimum Gasteiger partial charge on any atom is -0.299 e. The SMILES string of the molecule is CC(C)(C)C(=O)CC(Sc1ccccc1)c1ccc(Cl)cc1Cl. The van der Waals surface area contributed by atoms with Crippen LogP contribution in [0.3, 0.4) is 0 Å². The molecule has 0 radical (unpaired) electrons. The molecule has 0 heterocycles. The Labute approximate surface area is 152 Å². The molecule has 0 aliphatic carbocycles. The number of hydrogen-bond acceptors (Lipinski definition) is 2. The van der Waals surface area contributed by atoms with Crippen molar-refractivity contribution in [2.24, 2.45) is 5.41 Å². The average molecular weight is 367 g/mol. The van der Waals surface area contributed by atoms with Crippen LogP contribution in [0.1, 0.15) is 38.0 Å². The molecule has 0 saturated carbocycles. The van der Waals surface area contributed by atoms with E-state index in [1.807, 2.05) is 63.2 Å². The maximum absolute atomic E-state index is 12.5. The predicted molar refractivity (Wildman–Crippen MR) is 101 cm³/mol. The maximum atomic E-state index is 12.5. The lowest BCUT2D eigenvalue weighted by molar-refractivity contribution is -0.126. The molecule has 1 atom stereocenters. The zero-order valence-electron chi connectivity index (χ0n) is 13.5. The summed E-state index contributed by atoms with van der Waals surface area (Å²) in [5.74, 6) is 0.219. The first kappa shape index (κ1) is 18.4. The Hall–Kier alpha value is -0.960. The second-order valence-electron chi connectivity index (χ2n) is 6.46. The Kier molecular flexibility index (Phi) is 6.19. The number of carbonyl (C=O) groups excluding carboxylic acids is 1. The average Bonchev–Trinajstić information content (AvgIpc) is 2.46. The third-order valence-electron chi connectivity index (χ3n) is 3.54. The van der Waals surface area contributed by atoms with Crippen molar-refractivity contribution in [3.05, 3.63) is 64.1 Å². The molecule has 0 aliphatic rings. The fourth-order valence-electron chi connectivity index (χ4n) is 2.12. The first-order valence-corrected chi connectivity index (χ1v) is 9.11. The molecule has 23 heavy (non-hydrogen) atoms. The minimum atomic E-state index is -0.367. The highest BCUT2D eigenvalue weighted by molar-refractivity contribution is 7.99. The van der Waals surface area contributed by atoms with Gasteiger partial charge in [-0.3, -0.25) is 4.79 Å². The van der Waals surface area contributed by atoms with Crippen LogP contribution >= 0.6 is 35.0 Å². The summed E-state index contributed by atoms with van der Waals surface area (Å²) in [6.45, 7) is 5.84. The van der Waals surface area contributed by atoms with E-state index in [1.54, 1.807) is 17.8 Å². The fourth-order valence-corrected chi connectivity index (χ4v) is 3.93. The van der Waals surface area contributed by atoms with Gasteiger partial charge in [0.25, 0.3) is 0 Å². The lowest BCUT2D eigenvalue weighted by atomic mass is 9.87. The number of hydrogen-bond donors (Lipinski definition) is 0. The number of benzene rings is 2. The first-order chi connectivity index (χ1) is 10.8. The second kappa shape index (κ2) is 7.74. The van der Waals surface area contributed by atoms with Gasteiger partial charge in [-0.25, -0.2) is 0 Å². The van der Waals surface area contributed by atoms with E-state index < -0.39 is 0 Å². The Balaban J connectivity index is 2.32. The highest BCUT2D eigenvalue weighted by Gasteiger charge is 2.27. The van der Waals surface area contributed by atoms with Gasteiger partial charge in [0.2, 0.25) is 0 Å². The van der Waals surface area contributed by atoms with Crippen LogP contribution in [-0.2, 0) is 4.79 Å². The normalized spacial score (nSPS) is 12.9. The van der Waals surface area contributed by atoms with E-state index in [0.29, 0.717) is 16.5 Å². The van der Waals surface area contributed by atoms with Gasteiger partial charge in [0.15, 0.2) is 0 Å². The van der Waals surface area contributed by atoms with Crippen molar-refractivity contribution in [2.45, 2.75) is 37.3 Å². The molecular formula is C19H20Cl2OS. The Morgan fingerprint density at radius 1 is 1.09 bits per heavy atom. The van der Waals surface area contributed by atoms with Crippen LogP contribution in [0.2, 0.25) is 10.0 Å². The van der Waals surface area contributed by atoms with Crippen molar-refractivity contribution < 1.29 is 4.79 Å². The van der Waals surface area contributed by atoms with Crippen LogP contribution in [0, 0.1) is 5.41 Å². The first-order valence-electron chi connectivity index (χ1n) is 7.47. The van der Waals surface area contributed by atoms with Crippen LogP contribution in [0.4, 0.5) is 0 Å². The van der Waals surface area contributed by atoms with Gasteiger partial charge in [-0.15, -0.1) is 11.8 Å². The largest absolute Gasteiger partial charge is 0.299 e. The number of halogens is 2. The van der Waals surface area contributed by atoms with Crippen molar-refractivity contribution in [1.82, 2.24) is 0 Å². The van der Waals surface area contributed by atoms with Crippen LogP contribution in [0.25, 0.3) is 0 Å². The molecule has 2 aromatic rings. The molecule has 2 rings (SSSR count). The third kappa shape index (κ3) is 5.27. The van der Waals surface area contributed by atoms with Crippen molar-refractivity contribution in [3.63, 3.8) is 0 Å². The molecule has 122 valence electrons. The summed E-state index contributed by atoms with van der Waals surface area (Å²) in [4.78, 5) is 13.7. The smallest absolute Gasteiger partial charge is 0.139 e. The van der Waals surface area contributed by atoms with Crippen molar-refractivity contribution in [3.8, 4) is 0 Å². The second-order valence-corrected chi connectivity index (χ2v) is 8.58. The van der Waals surface area contributed by atoms with Gasteiger partial charge in [0.05, 0.1) is 0 Å². The molecule has 1 nitrogen and oxygen atoms in total. The Bertz CT molecular complexity index is 678. The zero-order chi connectivity index (χ0) is 17.0. The van der Waals surface area contributed by atoms with Crippen molar-refractivity contribution >= 4 is 40.7 Å². The number of carbonyl (C=O) groups is 1. The lowest BCUT2D eigenvalue weighted by Crippen LogP contribution is -2.21. The number of rotatable bonds is 5. The number of ketones is 1. The van der Waals surface area contributed by atoms with Gasteiger partial charge >= 0.3 is 0 Å². The lowest BCUT2D eigenvalue weighted by Gasteiger charge is -2.23. The van der Waals surface area contributed by atoms with Crippen LogP contribution in [0.15, 0.2) is 53.4 Å². The molecule has 0 N–H and O–H groups in total. The highest BCUT2D eigenvalue weighted by atomic mass is 35.5.